The largest absolute Gasteiger partial charge is 0.504 e. The molecule has 136 valence electrons. The van der Waals surface area contributed by atoms with Gasteiger partial charge in [-0.25, -0.2) is 4.79 Å². The van der Waals surface area contributed by atoms with Gasteiger partial charge in [0.2, 0.25) is 0 Å². The van der Waals surface area contributed by atoms with Crippen molar-refractivity contribution in [3.63, 3.8) is 0 Å². The van der Waals surface area contributed by atoms with E-state index in [1.165, 1.54) is 52.9 Å². The lowest BCUT2D eigenvalue weighted by Gasteiger charge is -2.18. The fourth-order valence-corrected chi connectivity index (χ4v) is 1.98. The lowest BCUT2D eigenvalue weighted by molar-refractivity contribution is -0.252. The molecule has 1 aliphatic heterocycles. The molecule has 2 amide bonds. The fraction of sp³-hybridized carbons (Fsp3) is 0.312. The number of hydrogen-bond donors (Lipinski definition) is 2. The third-order valence-corrected chi connectivity index (χ3v) is 3.09. The van der Waals surface area contributed by atoms with Crippen molar-refractivity contribution in [2.45, 2.75) is 6.48 Å². The molecular formula is C16H19NO8. The molecule has 0 fully saturated rings. The van der Waals surface area contributed by atoms with Crippen molar-refractivity contribution in [2.75, 3.05) is 28.4 Å². The first-order valence-electron chi connectivity index (χ1n) is 6.94. The molecule has 0 saturated carbocycles. The van der Waals surface area contributed by atoms with Crippen LogP contribution in [0, 0.1) is 0 Å². The number of carbonyl (C=O) groups excluding carboxylic acids is 2. The molecule has 25 heavy (non-hydrogen) atoms. The molecule has 1 heterocycles. The Balaban J connectivity index is 0.000000381. The Morgan fingerprint density at radius 2 is 1.64 bits per heavy atom. The quantitative estimate of drug-likeness (QED) is 0.346. The number of hydrogen-bond acceptors (Lipinski definition) is 7. The predicted molar refractivity (Wildman–Crippen MR) is 85.7 cm³/mol. The van der Waals surface area contributed by atoms with Crippen molar-refractivity contribution in [1.82, 2.24) is 5.32 Å². The SMILES string of the molecule is COC(OC)OC.COC=C1C(=O)NC(=O)c2ccc(C(=O)O)cc21. The maximum atomic E-state index is 11.6. The average molecular weight is 353 g/mol. The molecule has 0 unspecified atom stereocenters. The van der Waals surface area contributed by atoms with E-state index < -0.39 is 24.3 Å². The Kier molecular flexibility index (Phi) is 7.73. The summed E-state index contributed by atoms with van der Waals surface area (Å²) < 4.78 is 18.6. The number of aromatic carboxylic acids is 1. The van der Waals surface area contributed by atoms with E-state index in [4.69, 9.17) is 9.84 Å². The van der Waals surface area contributed by atoms with Crippen LogP contribution < -0.4 is 5.32 Å². The molecule has 0 atom stereocenters. The third kappa shape index (κ3) is 5.11. The van der Waals surface area contributed by atoms with Crippen molar-refractivity contribution in [2.24, 2.45) is 0 Å². The van der Waals surface area contributed by atoms with Crippen LogP contribution in [0.15, 0.2) is 24.5 Å². The van der Waals surface area contributed by atoms with E-state index in [1.54, 1.807) is 0 Å². The van der Waals surface area contributed by atoms with E-state index in [1.807, 2.05) is 0 Å². The molecule has 0 aliphatic carbocycles. The number of amides is 2. The highest BCUT2D eigenvalue weighted by molar-refractivity contribution is 6.31. The first-order valence-corrected chi connectivity index (χ1v) is 6.94. The van der Waals surface area contributed by atoms with Crippen LogP contribution >= 0.6 is 0 Å². The number of ether oxygens (including phenoxy) is 4. The van der Waals surface area contributed by atoms with Gasteiger partial charge in [0.05, 0.1) is 24.5 Å². The van der Waals surface area contributed by atoms with Gasteiger partial charge in [0, 0.05) is 32.5 Å². The first kappa shape index (κ1) is 20.3. The molecule has 2 rings (SSSR count). The van der Waals surface area contributed by atoms with Crippen LogP contribution in [0.2, 0.25) is 0 Å². The number of imide groups is 1. The lowest BCUT2D eigenvalue weighted by atomic mass is 9.94. The fourth-order valence-electron chi connectivity index (χ4n) is 1.98. The normalized spacial score (nSPS) is 14.5. The van der Waals surface area contributed by atoms with Crippen LogP contribution in [0.4, 0.5) is 0 Å². The summed E-state index contributed by atoms with van der Waals surface area (Å²) in [6, 6.07) is 3.95. The number of carbonyl (C=O) groups is 3. The van der Waals surface area contributed by atoms with Crippen molar-refractivity contribution in [1.29, 1.82) is 0 Å². The van der Waals surface area contributed by atoms with E-state index in [0.29, 0.717) is 0 Å². The topological polar surface area (TPSA) is 120 Å². The summed E-state index contributed by atoms with van der Waals surface area (Å²) in [5.74, 6) is -2.30. The van der Waals surface area contributed by atoms with Crippen molar-refractivity contribution in [3.05, 3.63) is 41.2 Å². The van der Waals surface area contributed by atoms with Crippen molar-refractivity contribution >= 4 is 23.4 Å². The van der Waals surface area contributed by atoms with Crippen LogP contribution in [0.25, 0.3) is 5.57 Å². The van der Waals surface area contributed by atoms with E-state index in [-0.39, 0.29) is 22.3 Å². The summed E-state index contributed by atoms with van der Waals surface area (Å²) in [4.78, 5) is 34.1. The monoisotopic (exact) mass is 353 g/mol. The van der Waals surface area contributed by atoms with Crippen molar-refractivity contribution < 1.29 is 38.4 Å². The molecule has 0 saturated heterocycles. The van der Waals surface area contributed by atoms with Crippen LogP contribution in [-0.2, 0) is 23.7 Å². The maximum Gasteiger partial charge on any atom is 0.335 e. The number of carboxylic acids is 1. The van der Waals surface area contributed by atoms with E-state index in [9.17, 15) is 14.4 Å². The molecule has 9 nitrogen and oxygen atoms in total. The van der Waals surface area contributed by atoms with Gasteiger partial charge in [-0.3, -0.25) is 14.9 Å². The maximum absolute atomic E-state index is 11.6. The van der Waals surface area contributed by atoms with Crippen LogP contribution in [0.1, 0.15) is 26.3 Å². The number of methoxy groups -OCH3 is 4. The molecule has 2 N–H and O–H groups in total. The Labute approximate surface area is 144 Å². The Hall–Kier alpha value is -2.75. The molecule has 0 radical (unpaired) electrons. The average Bonchev–Trinajstić information content (AvgIpc) is 2.60. The highest BCUT2D eigenvalue weighted by Crippen LogP contribution is 2.25. The van der Waals surface area contributed by atoms with Gasteiger partial charge in [0.15, 0.2) is 0 Å². The van der Waals surface area contributed by atoms with Gasteiger partial charge < -0.3 is 24.1 Å². The van der Waals surface area contributed by atoms with E-state index >= 15 is 0 Å². The van der Waals surface area contributed by atoms with Gasteiger partial charge >= 0.3 is 5.97 Å². The smallest absolute Gasteiger partial charge is 0.335 e. The van der Waals surface area contributed by atoms with Crippen molar-refractivity contribution in [3.8, 4) is 0 Å². The number of carboxylic acid groups (broad SMARTS) is 1. The highest BCUT2D eigenvalue weighted by atomic mass is 16.8. The molecule has 1 aromatic carbocycles. The zero-order valence-corrected chi connectivity index (χ0v) is 14.2. The van der Waals surface area contributed by atoms with Gasteiger partial charge in [-0.2, -0.15) is 0 Å². The summed E-state index contributed by atoms with van der Waals surface area (Å²) in [6.07, 6.45) is 1.17. The predicted octanol–water partition coefficient (Wildman–Crippen LogP) is 0.851. The highest BCUT2D eigenvalue weighted by Gasteiger charge is 2.28. The zero-order valence-electron chi connectivity index (χ0n) is 14.2. The minimum atomic E-state index is -1.13. The molecule has 1 aromatic rings. The number of benzene rings is 1. The molecule has 0 aromatic heterocycles. The van der Waals surface area contributed by atoms with Crippen LogP contribution in [0.5, 0.6) is 0 Å². The summed E-state index contributed by atoms with van der Waals surface area (Å²) >= 11 is 0. The number of rotatable bonds is 5. The Bertz CT molecular complexity index is 673. The minimum Gasteiger partial charge on any atom is -0.504 e. The second-order valence-electron chi connectivity index (χ2n) is 4.61. The summed E-state index contributed by atoms with van der Waals surface area (Å²) in [6.45, 7) is -0.514. The number of nitrogens with one attached hydrogen (secondary N) is 1. The lowest BCUT2D eigenvalue weighted by Crippen LogP contribution is -2.36. The van der Waals surface area contributed by atoms with Gasteiger partial charge in [-0.15, -0.1) is 0 Å². The molecule has 0 spiro atoms. The summed E-state index contributed by atoms with van der Waals surface area (Å²) in [5, 5.41) is 11.0. The molecule has 9 heteroatoms. The minimum absolute atomic E-state index is 0.00162. The van der Waals surface area contributed by atoms with E-state index in [0.717, 1.165) is 0 Å². The van der Waals surface area contributed by atoms with Gasteiger partial charge in [-0.1, -0.05) is 0 Å². The van der Waals surface area contributed by atoms with Gasteiger partial charge in [0.25, 0.3) is 18.3 Å². The van der Waals surface area contributed by atoms with Crippen LogP contribution in [-0.4, -0.2) is 57.8 Å². The van der Waals surface area contributed by atoms with Gasteiger partial charge in [-0.05, 0) is 18.2 Å². The second kappa shape index (κ2) is 9.52. The standard InChI is InChI=1S/C12H9NO5.C4H10O3/c1-18-5-9-8-4-6(12(16)17)2-3-7(8)10(14)13-11(9)15;1-5-4(6-2)7-3/h2-5H,1H3,(H,16,17)(H,13,14,15);4H,1-3H3. The zero-order chi connectivity index (χ0) is 19.0. The Morgan fingerprint density at radius 1 is 1.04 bits per heavy atom. The van der Waals surface area contributed by atoms with Gasteiger partial charge in [0.1, 0.15) is 0 Å². The molecular weight excluding hydrogens is 334 g/mol. The molecule has 1 aliphatic rings. The molecule has 0 bridgehead atoms. The first-order chi connectivity index (χ1) is 11.9. The second-order valence-corrected chi connectivity index (χ2v) is 4.61. The Morgan fingerprint density at radius 3 is 2.08 bits per heavy atom. The summed E-state index contributed by atoms with van der Waals surface area (Å²) in [7, 11) is 5.89. The number of fused-ring (bicyclic) bond motifs is 1. The van der Waals surface area contributed by atoms with Crippen LogP contribution in [0.3, 0.4) is 0 Å². The van der Waals surface area contributed by atoms with E-state index in [2.05, 4.69) is 19.5 Å². The summed E-state index contributed by atoms with van der Waals surface area (Å²) in [5.41, 5.74) is 0.613. The third-order valence-electron chi connectivity index (χ3n) is 3.09.